The molecule has 28 heavy (non-hydrogen) atoms. The summed E-state index contributed by atoms with van der Waals surface area (Å²) in [5, 5.41) is 10.0. The van der Waals surface area contributed by atoms with Gasteiger partial charge in [-0.25, -0.2) is 4.98 Å². The molecule has 2 heterocycles. The van der Waals surface area contributed by atoms with Gasteiger partial charge in [-0.15, -0.1) is 0 Å². The van der Waals surface area contributed by atoms with Gasteiger partial charge in [0, 0.05) is 56.4 Å². The first-order chi connectivity index (χ1) is 13.4. The zero-order valence-corrected chi connectivity index (χ0v) is 16.4. The Bertz CT molecular complexity index is 882. The maximum absolute atomic E-state index is 10.0. The zero-order valence-electron chi connectivity index (χ0n) is 16.4. The van der Waals surface area contributed by atoms with Gasteiger partial charge >= 0.3 is 0 Å². The number of phenols is 1. The van der Waals surface area contributed by atoms with Crippen LogP contribution in [0, 0.1) is 0 Å². The molecule has 1 atom stereocenters. The van der Waals surface area contributed by atoms with Gasteiger partial charge in [-0.1, -0.05) is 12.1 Å². The molecule has 3 rings (SSSR count). The average Bonchev–Trinajstić information content (AvgIpc) is 3.06. The fraction of sp³-hybridized carbons (Fsp3) is 0.350. The van der Waals surface area contributed by atoms with E-state index in [0.29, 0.717) is 23.0 Å². The van der Waals surface area contributed by atoms with Gasteiger partial charge in [0.15, 0.2) is 0 Å². The summed E-state index contributed by atoms with van der Waals surface area (Å²) < 4.78 is 2.04. The molecule has 150 valence electrons. The highest BCUT2D eigenvalue weighted by Crippen LogP contribution is 2.24. The van der Waals surface area contributed by atoms with Crippen molar-refractivity contribution < 1.29 is 5.11 Å². The maximum Gasteiger partial charge on any atom is 0.124 e. The molecule has 7 N–H and O–H groups in total. The highest BCUT2D eigenvalue weighted by Gasteiger charge is 2.26. The number of nitrogens with zero attached hydrogens (tertiary/aromatic N) is 4. The molecule has 0 aliphatic carbocycles. The summed E-state index contributed by atoms with van der Waals surface area (Å²) in [4.78, 5) is 8.95. The topological polar surface area (TPSA) is 123 Å². The Labute approximate surface area is 165 Å². The largest absolute Gasteiger partial charge is 0.507 e. The summed E-state index contributed by atoms with van der Waals surface area (Å²) >= 11 is 0. The molecule has 0 spiro atoms. The van der Waals surface area contributed by atoms with Crippen molar-refractivity contribution in [1.29, 1.82) is 0 Å². The fourth-order valence-electron chi connectivity index (χ4n) is 3.48. The Morgan fingerprint density at radius 3 is 2.61 bits per heavy atom. The van der Waals surface area contributed by atoms with Crippen molar-refractivity contribution in [2.75, 3.05) is 19.6 Å². The molecule has 0 radical (unpaired) electrons. The number of piperazine rings is 1. The molecule has 1 aromatic carbocycles. The van der Waals surface area contributed by atoms with Gasteiger partial charge in [0.2, 0.25) is 0 Å². The summed E-state index contributed by atoms with van der Waals surface area (Å²) in [5.41, 5.74) is 19.8. The second-order valence-corrected chi connectivity index (χ2v) is 7.18. The molecular weight excluding hydrogens is 354 g/mol. The Kier molecular flexibility index (Phi) is 5.79. The second-order valence-electron chi connectivity index (χ2n) is 7.18. The highest BCUT2D eigenvalue weighted by molar-refractivity contribution is 5.69. The van der Waals surface area contributed by atoms with E-state index in [-0.39, 0.29) is 11.6 Å². The smallest absolute Gasteiger partial charge is 0.124 e. The number of para-hydroxylation sites is 1. The number of rotatable bonds is 5. The van der Waals surface area contributed by atoms with Crippen LogP contribution >= 0.6 is 0 Å². The lowest BCUT2D eigenvalue weighted by atomic mass is 10.1. The third kappa shape index (κ3) is 4.23. The summed E-state index contributed by atoms with van der Waals surface area (Å²) in [6.45, 7) is 5.37. The number of nitrogens with two attached hydrogens (primary N) is 3. The standard InChI is InChI=1S/C20H29N7O/c1-14-12-27(10-9-26(14)13-19-24-7-8-25(19)2)17(20(22)23)11-16(21)15-5-3-4-6-18(15)28/h3-8,11,14,28H,9-10,12-13,21-23H2,1-2H3/b16-11-/t14-/m0/s1. The van der Waals surface area contributed by atoms with E-state index < -0.39 is 0 Å². The predicted molar refractivity (Wildman–Crippen MR) is 110 cm³/mol. The Morgan fingerprint density at radius 2 is 2.00 bits per heavy atom. The van der Waals surface area contributed by atoms with Gasteiger partial charge < -0.3 is 31.8 Å². The van der Waals surface area contributed by atoms with E-state index in [1.165, 1.54) is 0 Å². The van der Waals surface area contributed by atoms with Crippen molar-refractivity contribution in [3.05, 3.63) is 65.6 Å². The average molecular weight is 384 g/mol. The third-order valence-electron chi connectivity index (χ3n) is 5.17. The predicted octanol–water partition coefficient (Wildman–Crippen LogP) is 0.718. The first-order valence-electron chi connectivity index (χ1n) is 9.32. The first kappa shape index (κ1) is 19.6. The van der Waals surface area contributed by atoms with Crippen LogP contribution in [0.1, 0.15) is 18.3 Å². The molecule has 8 nitrogen and oxygen atoms in total. The first-order valence-corrected chi connectivity index (χ1v) is 9.32. The van der Waals surface area contributed by atoms with E-state index in [2.05, 4.69) is 21.7 Å². The Balaban J connectivity index is 1.74. The lowest BCUT2D eigenvalue weighted by Crippen LogP contribution is -2.51. The minimum atomic E-state index is 0.124. The second kappa shape index (κ2) is 8.26. The number of benzene rings is 1. The highest BCUT2D eigenvalue weighted by atomic mass is 16.3. The van der Waals surface area contributed by atoms with Gasteiger partial charge in [0.25, 0.3) is 0 Å². The number of hydrogen-bond acceptors (Lipinski definition) is 7. The van der Waals surface area contributed by atoms with Crippen molar-refractivity contribution in [1.82, 2.24) is 19.4 Å². The van der Waals surface area contributed by atoms with Crippen LogP contribution in [0.3, 0.4) is 0 Å². The van der Waals surface area contributed by atoms with E-state index in [1.807, 2.05) is 30.1 Å². The number of aromatic nitrogens is 2. The normalized spacial score (nSPS) is 18.3. The van der Waals surface area contributed by atoms with E-state index in [0.717, 1.165) is 32.0 Å². The van der Waals surface area contributed by atoms with Crippen LogP contribution in [0.4, 0.5) is 0 Å². The number of aryl methyl sites for hydroxylation is 1. The summed E-state index contributed by atoms with van der Waals surface area (Å²) in [7, 11) is 2.01. The van der Waals surface area contributed by atoms with Gasteiger partial charge in [-0.2, -0.15) is 0 Å². The number of allylic oxidation sites excluding steroid dienone is 1. The van der Waals surface area contributed by atoms with Crippen LogP contribution in [0.15, 0.2) is 54.3 Å². The van der Waals surface area contributed by atoms with Crippen LogP contribution < -0.4 is 17.2 Å². The Hall–Kier alpha value is -3.13. The van der Waals surface area contributed by atoms with Crippen LogP contribution in [0.2, 0.25) is 0 Å². The lowest BCUT2D eigenvalue weighted by Gasteiger charge is -2.41. The van der Waals surface area contributed by atoms with E-state index in [9.17, 15) is 5.11 Å². The summed E-state index contributed by atoms with van der Waals surface area (Å²) in [6.07, 6.45) is 5.52. The van der Waals surface area contributed by atoms with Crippen molar-refractivity contribution in [2.45, 2.75) is 19.5 Å². The van der Waals surface area contributed by atoms with E-state index >= 15 is 0 Å². The van der Waals surface area contributed by atoms with Gasteiger partial charge in [0.1, 0.15) is 17.4 Å². The molecule has 0 amide bonds. The minimum Gasteiger partial charge on any atom is -0.507 e. The molecular formula is C20H29N7O. The van der Waals surface area contributed by atoms with Gasteiger partial charge in [0.05, 0.1) is 12.2 Å². The lowest BCUT2D eigenvalue weighted by molar-refractivity contribution is 0.0961. The van der Waals surface area contributed by atoms with Crippen molar-refractivity contribution in [3.8, 4) is 5.75 Å². The monoisotopic (exact) mass is 383 g/mol. The SMILES string of the molecule is C[C@H]1CN(C(/C=C(\N)c2ccccc2O)=C(N)N)CCN1Cc1nccn1C. The molecule has 8 heteroatoms. The molecule has 1 fully saturated rings. The summed E-state index contributed by atoms with van der Waals surface area (Å²) in [6, 6.07) is 7.23. The van der Waals surface area contributed by atoms with Crippen LogP contribution in [-0.2, 0) is 13.6 Å². The zero-order chi connectivity index (χ0) is 20.3. The quantitative estimate of drug-likeness (QED) is 0.561. The number of hydrogen-bond donors (Lipinski definition) is 4. The molecule has 1 aliphatic heterocycles. The van der Waals surface area contributed by atoms with Gasteiger partial charge in [-0.05, 0) is 25.1 Å². The number of imidazole rings is 1. The van der Waals surface area contributed by atoms with Crippen molar-refractivity contribution in [2.24, 2.45) is 24.2 Å². The maximum atomic E-state index is 10.0. The van der Waals surface area contributed by atoms with Crippen LogP contribution in [0.25, 0.3) is 5.70 Å². The van der Waals surface area contributed by atoms with Gasteiger partial charge in [-0.3, -0.25) is 4.90 Å². The fourth-order valence-corrected chi connectivity index (χ4v) is 3.48. The van der Waals surface area contributed by atoms with Crippen molar-refractivity contribution in [3.63, 3.8) is 0 Å². The Morgan fingerprint density at radius 1 is 1.25 bits per heavy atom. The molecule has 1 saturated heterocycles. The molecule has 0 saturated carbocycles. The van der Waals surface area contributed by atoms with E-state index in [1.54, 1.807) is 24.3 Å². The number of aromatic hydroxyl groups is 1. The third-order valence-corrected chi connectivity index (χ3v) is 5.17. The molecule has 1 aliphatic rings. The molecule has 1 aromatic heterocycles. The molecule has 0 bridgehead atoms. The van der Waals surface area contributed by atoms with E-state index in [4.69, 9.17) is 17.2 Å². The number of phenolic OH excluding ortho intramolecular Hbond substituents is 1. The molecule has 0 unspecified atom stereocenters. The minimum absolute atomic E-state index is 0.124. The van der Waals surface area contributed by atoms with Crippen molar-refractivity contribution >= 4 is 5.70 Å². The molecule has 2 aromatic rings. The van der Waals surface area contributed by atoms with Crippen LogP contribution in [0.5, 0.6) is 5.75 Å². The summed E-state index contributed by atoms with van der Waals surface area (Å²) in [5.74, 6) is 1.38. The van der Waals surface area contributed by atoms with Crippen LogP contribution in [-0.4, -0.2) is 50.1 Å².